The van der Waals surface area contributed by atoms with Crippen LogP contribution in [-0.4, -0.2) is 43.9 Å². The van der Waals surface area contributed by atoms with Gasteiger partial charge in [0.1, 0.15) is 17.8 Å². The monoisotopic (exact) mass is 393 g/mol. The number of hydrogen-bond donors (Lipinski definition) is 1. The molecule has 1 saturated heterocycles. The summed E-state index contributed by atoms with van der Waals surface area (Å²) in [5, 5.41) is 12.9. The summed E-state index contributed by atoms with van der Waals surface area (Å²) >= 11 is 1.57. The first-order chi connectivity index (χ1) is 13.8. The molecule has 0 aromatic carbocycles. The van der Waals surface area contributed by atoms with Gasteiger partial charge in [0.2, 0.25) is 11.8 Å². The second-order valence-corrected chi connectivity index (χ2v) is 7.28. The number of thiophene rings is 1. The molecule has 1 aliphatic heterocycles. The van der Waals surface area contributed by atoms with E-state index in [1.807, 2.05) is 40.7 Å². The van der Waals surface area contributed by atoms with Crippen LogP contribution in [0.25, 0.3) is 16.4 Å². The van der Waals surface area contributed by atoms with E-state index < -0.39 is 0 Å². The van der Waals surface area contributed by atoms with E-state index in [4.69, 9.17) is 4.52 Å². The average Bonchev–Trinajstić information content (AvgIpc) is 3.42. The van der Waals surface area contributed by atoms with Crippen molar-refractivity contribution >= 4 is 28.9 Å². The zero-order valence-corrected chi connectivity index (χ0v) is 15.4. The molecule has 10 heteroatoms. The van der Waals surface area contributed by atoms with Crippen LogP contribution < -0.4 is 10.2 Å². The van der Waals surface area contributed by atoms with Gasteiger partial charge >= 0.3 is 0 Å². The van der Waals surface area contributed by atoms with E-state index in [1.54, 1.807) is 28.3 Å². The Morgan fingerprint density at radius 2 is 2.11 bits per heavy atom. The van der Waals surface area contributed by atoms with Gasteiger partial charge in [-0.3, -0.25) is 10.1 Å². The SMILES string of the molecule is O=C(Nc1cc(-c2cccs2)no1)C1CN(c2cc(-n3cccn3)ncn2)C1. The van der Waals surface area contributed by atoms with Crippen molar-refractivity contribution in [3.8, 4) is 16.4 Å². The van der Waals surface area contributed by atoms with E-state index in [0.29, 0.717) is 30.5 Å². The third kappa shape index (κ3) is 3.14. The lowest BCUT2D eigenvalue weighted by atomic mass is 9.99. The number of carbonyl (C=O) groups excluding carboxylic acids is 1. The van der Waals surface area contributed by atoms with Gasteiger partial charge in [0.15, 0.2) is 5.82 Å². The molecule has 1 fully saturated rings. The van der Waals surface area contributed by atoms with Gasteiger partial charge in [0, 0.05) is 37.6 Å². The van der Waals surface area contributed by atoms with Gasteiger partial charge in [0.25, 0.3) is 0 Å². The first-order valence-corrected chi connectivity index (χ1v) is 9.53. The highest BCUT2D eigenvalue weighted by Gasteiger charge is 2.34. The third-order valence-electron chi connectivity index (χ3n) is 4.48. The maximum Gasteiger partial charge on any atom is 0.233 e. The van der Waals surface area contributed by atoms with Crippen LogP contribution in [0.5, 0.6) is 0 Å². The molecule has 0 unspecified atom stereocenters. The Bertz CT molecular complexity index is 1090. The highest BCUT2D eigenvalue weighted by molar-refractivity contribution is 7.13. The van der Waals surface area contributed by atoms with Gasteiger partial charge in [-0.05, 0) is 17.5 Å². The van der Waals surface area contributed by atoms with Crippen LogP contribution in [0.2, 0.25) is 0 Å². The predicted molar refractivity (Wildman–Crippen MR) is 103 cm³/mol. The second kappa shape index (κ2) is 6.89. The number of carbonyl (C=O) groups is 1. The molecule has 1 aliphatic rings. The van der Waals surface area contributed by atoms with Crippen LogP contribution in [0.4, 0.5) is 11.7 Å². The van der Waals surface area contributed by atoms with E-state index in [-0.39, 0.29) is 11.8 Å². The number of aromatic nitrogens is 5. The lowest BCUT2D eigenvalue weighted by molar-refractivity contribution is -0.120. The maximum absolute atomic E-state index is 12.5. The summed E-state index contributed by atoms with van der Waals surface area (Å²) in [6.45, 7) is 1.15. The molecule has 0 bridgehead atoms. The zero-order chi connectivity index (χ0) is 18.9. The number of nitrogens with zero attached hydrogens (tertiary/aromatic N) is 6. The van der Waals surface area contributed by atoms with Crippen LogP contribution in [0.1, 0.15) is 0 Å². The molecule has 0 aliphatic carbocycles. The molecule has 0 atom stereocenters. The molecule has 4 aromatic rings. The molecule has 0 saturated carbocycles. The van der Waals surface area contributed by atoms with Crippen LogP contribution >= 0.6 is 11.3 Å². The van der Waals surface area contributed by atoms with Crippen LogP contribution in [0, 0.1) is 5.92 Å². The molecule has 1 N–H and O–H groups in total. The van der Waals surface area contributed by atoms with Crippen molar-refractivity contribution in [3.63, 3.8) is 0 Å². The van der Waals surface area contributed by atoms with E-state index in [2.05, 4.69) is 25.5 Å². The zero-order valence-electron chi connectivity index (χ0n) is 14.6. The summed E-state index contributed by atoms with van der Waals surface area (Å²) in [5.74, 6) is 1.58. The van der Waals surface area contributed by atoms with Gasteiger partial charge < -0.3 is 9.42 Å². The normalized spacial score (nSPS) is 14.1. The van der Waals surface area contributed by atoms with Gasteiger partial charge in [-0.25, -0.2) is 14.6 Å². The number of amides is 1. The number of rotatable bonds is 5. The highest BCUT2D eigenvalue weighted by atomic mass is 32.1. The molecule has 1 amide bonds. The van der Waals surface area contributed by atoms with Crippen molar-refractivity contribution in [3.05, 3.63) is 54.4 Å². The highest BCUT2D eigenvalue weighted by Crippen LogP contribution is 2.28. The van der Waals surface area contributed by atoms with E-state index in [1.165, 1.54) is 6.33 Å². The van der Waals surface area contributed by atoms with Gasteiger partial charge in [-0.1, -0.05) is 11.2 Å². The molecule has 0 radical (unpaired) electrons. The fraction of sp³-hybridized carbons (Fsp3) is 0.167. The van der Waals surface area contributed by atoms with Crippen LogP contribution in [-0.2, 0) is 4.79 Å². The number of nitrogens with one attached hydrogen (secondary N) is 1. The lowest BCUT2D eigenvalue weighted by Crippen LogP contribution is -2.52. The summed E-state index contributed by atoms with van der Waals surface area (Å²) < 4.78 is 6.90. The van der Waals surface area contributed by atoms with E-state index in [9.17, 15) is 4.79 Å². The summed E-state index contributed by atoms with van der Waals surface area (Å²) in [5.41, 5.74) is 0.715. The molecule has 140 valence electrons. The minimum Gasteiger partial charge on any atom is -0.355 e. The van der Waals surface area contributed by atoms with Crippen LogP contribution in [0.3, 0.4) is 0 Å². The van der Waals surface area contributed by atoms with Gasteiger partial charge in [-0.2, -0.15) is 5.10 Å². The smallest absolute Gasteiger partial charge is 0.233 e. The summed E-state index contributed by atoms with van der Waals surface area (Å²) in [4.78, 5) is 24.0. The topological polar surface area (TPSA) is 102 Å². The molecule has 9 nitrogen and oxygen atoms in total. The van der Waals surface area contributed by atoms with Crippen molar-refractivity contribution in [1.29, 1.82) is 0 Å². The van der Waals surface area contributed by atoms with Crippen molar-refractivity contribution in [2.24, 2.45) is 5.92 Å². The molecular formula is C18H15N7O2S. The van der Waals surface area contributed by atoms with Crippen molar-refractivity contribution < 1.29 is 9.32 Å². The molecule has 0 spiro atoms. The number of hydrogen-bond acceptors (Lipinski definition) is 8. The van der Waals surface area contributed by atoms with Crippen LogP contribution in [0.15, 0.2) is 59.0 Å². The Morgan fingerprint density at radius 3 is 2.89 bits per heavy atom. The average molecular weight is 393 g/mol. The summed E-state index contributed by atoms with van der Waals surface area (Å²) in [7, 11) is 0. The second-order valence-electron chi connectivity index (χ2n) is 6.33. The fourth-order valence-electron chi connectivity index (χ4n) is 2.97. The Hall–Kier alpha value is -3.53. The largest absolute Gasteiger partial charge is 0.355 e. The third-order valence-corrected chi connectivity index (χ3v) is 5.38. The molecule has 5 heterocycles. The Balaban J connectivity index is 1.20. The summed E-state index contributed by atoms with van der Waals surface area (Å²) in [6, 6.07) is 9.32. The van der Waals surface area contributed by atoms with Crippen molar-refractivity contribution in [1.82, 2.24) is 24.9 Å². The van der Waals surface area contributed by atoms with Gasteiger partial charge in [0.05, 0.1) is 10.8 Å². The quantitative estimate of drug-likeness (QED) is 0.556. The Labute approximate surface area is 163 Å². The van der Waals surface area contributed by atoms with Crippen molar-refractivity contribution in [2.75, 3.05) is 23.3 Å². The molecule has 28 heavy (non-hydrogen) atoms. The first-order valence-electron chi connectivity index (χ1n) is 8.65. The standard InChI is InChI=1S/C18H15N7O2S/c26-18(22-17-7-13(23-27-17)14-3-1-6-28-14)12-9-24(10-12)15-8-16(20-11-19-15)25-5-2-4-21-25/h1-8,11-12H,9-10H2,(H,22,26). The van der Waals surface area contributed by atoms with Gasteiger partial charge in [-0.15, -0.1) is 11.3 Å². The summed E-state index contributed by atoms with van der Waals surface area (Å²) in [6.07, 6.45) is 5.01. The lowest BCUT2D eigenvalue weighted by Gasteiger charge is -2.38. The minimum absolute atomic E-state index is 0.0912. The molecule has 5 rings (SSSR count). The van der Waals surface area contributed by atoms with Crippen molar-refractivity contribution in [2.45, 2.75) is 0 Å². The minimum atomic E-state index is -0.140. The predicted octanol–water partition coefficient (Wildman–Crippen LogP) is 2.45. The first kappa shape index (κ1) is 16.6. The molecule has 4 aromatic heterocycles. The fourth-order valence-corrected chi connectivity index (χ4v) is 3.65. The Kier molecular flexibility index (Phi) is 4.09. The van der Waals surface area contributed by atoms with E-state index in [0.717, 1.165) is 10.7 Å². The molecular weight excluding hydrogens is 378 g/mol. The maximum atomic E-state index is 12.5. The number of anilines is 2. The van der Waals surface area contributed by atoms with E-state index >= 15 is 0 Å². The Morgan fingerprint density at radius 1 is 1.21 bits per heavy atom.